The van der Waals surface area contributed by atoms with Crippen molar-refractivity contribution < 1.29 is 0 Å². The number of nitrogens with zero attached hydrogens (tertiary/aromatic N) is 2. The molecule has 0 spiro atoms. The fourth-order valence-corrected chi connectivity index (χ4v) is 3.00. The third kappa shape index (κ3) is 3.61. The van der Waals surface area contributed by atoms with Gasteiger partial charge in [0, 0.05) is 40.8 Å². The number of nitrogens with one attached hydrogen (secondary N) is 1. The first-order valence-corrected chi connectivity index (χ1v) is 8.21. The topological polar surface area (TPSA) is 54.2 Å². The van der Waals surface area contributed by atoms with Crippen LogP contribution in [0.5, 0.6) is 0 Å². The maximum atomic E-state index is 6.15. The number of nitrogen functional groups attached to an aromatic ring is 1. The highest BCUT2D eigenvalue weighted by atomic mass is 35.5. The van der Waals surface area contributed by atoms with E-state index in [1.54, 1.807) is 6.20 Å². The van der Waals surface area contributed by atoms with Gasteiger partial charge in [-0.05, 0) is 49.5 Å². The largest absolute Gasteiger partial charge is 0.398 e. The van der Waals surface area contributed by atoms with E-state index in [2.05, 4.69) is 21.3 Å². The first-order chi connectivity index (χ1) is 11.5. The average Bonchev–Trinajstić information content (AvgIpc) is 2.54. The Balaban J connectivity index is 1.88. The van der Waals surface area contributed by atoms with E-state index in [0.29, 0.717) is 6.54 Å². The number of nitrogens with two attached hydrogens (primary N) is 1. The number of anilines is 2. The van der Waals surface area contributed by atoms with Crippen molar-refractivity contribution in [2.24, 2.45) is 0 Å². The number of pyridine rings is 1. The minimum atomic E-state index is 0.682. The SMILES string of the molecule is CN(C)Cc1cc(Cl)ccc1CNc1nccc2c(N)cccc12. The van der Waals surface area contributed by atoms with Crippen molar-refractivity contribution in [2.75, 3.05) is 25.1 Å². The van der Waals surface area contributed by atoms with Crippen LogP contribution in [0.1, 0.15) is 11.1 Å². The second kappa shape index (κ2) is 7.07. The summed E-state index contributed by atoms with van der Waals surface area (Å²) >= 11 is 6.15. The van der Waals surface area contributed by atoms with Crippen LogP contribution >= 0.6 is 11.6 Å². The molecule has 2 aromatic carbocycles. The van der Waals surface area contributed by atoms with Crippen molar-refractivity contribution in [3.05, 3.63) is 64.8 Å². The Kier molecular flexibility index (Phi) is 4.88. The summed E-state index contributed by atoms with van der Waals surface area (Å²) in [5, 5.41) is 6.23. The van der Waals surface area contributed by atoms with Crippen LogP contribution in [0.25, 0.3) is 10.8 Å². The molecule has 5 heteroatoms. The van der Waals surface area contributed by atoms with Gasteiger partial charge in [0.05, 0.1) is 0 Å². The van der Waals surface area contributed by atoms with Crippen LogP contribution < -0.4 is 11.1 Å². The minimum Gasteiger partial charge on any atom is -0.398 e. The summed E-state index contributed by atoms with van der Waals surface area (Å²) in [5.74, 6) is 0.838. The number of hydrogen-bond acceptors (Lipinski definition) is 4. The number of benzene rings is 2. The van der Waals surface area contributed by atoms with Gasteiger partial charge < -0.3 is 16.0 Å². The third-order valence-corrected chi connectivity index (χ3v) is 4.18. The lowest BCUT2D eigenvalue weighted by atomic mass is 10.1. The fourth-order valence-electron chi connectivity index (χ4n) is 2.81. The number of halogens is 1. The van der Waals surface area contributed by atoms with Crippen LogP contribution in [0.4, 0.5) is 11.5 Å². The van der Waals surface area contributed by atoms with Gasteiger partial charge >= 0.3 is 0 Å². The zero-order chi connectivity index (χ0) is 17.1. The Hall–Kier alpha value is -2.30. The Morgan fingerprint density at radius 3 is 2.71 bits per heavy atom. The van der Waals surface area contributed by atoms with Crippen molar-refractivity contribution in [2.45, 2.75) is 13.1 Å². The zero-order valence-electron chi connectivity index (χ0n) is 13.9. The summed E-state index contributed by atoms with van der Waals surface area (Å²) in [6.45, 7) is 1.52. The third-order valence-electron chi connectivity index (χ3n) is 3.94. The zero-order valence-corrected chi connectivity index (χ0v) is 14.6. The molecule has 1 aromatic heterocycles. The molecule has 4 nitrogen and oxygen atoms in total. The van der Waals surface area contributed by atoms with Crippen LogP contribution in [-0.2, 0) is 13.1 Å². The molecule has 3 aromatic rings. The monoisotopic (exact) mass is 340 g/mol. The van der Waals surface area contributed by atoms with Crippen LogP contribution in [0.2, 0.25) is 5.02 Å². The van der Waals surface area contributed by atoms with Crippen LogP contribution in [-0.4, -0.2) is 24.0 Å². The molecule has 0 saturated heterocycles. The van der Waals surface area contributed by atoms with E-state index in [1.165, 1.54) is 11.1 Å². The Labute approximate surface area is 147 Å². The highest BCUT2D eigenvalue weighted by Crippen LogP contribution is 2.26. The number of hydrogen-bond donors (Lipinski definition) is 2. The normalized spacial score (nSPS) is 11.2. The molecule has 0 fully saturated rings. The fraction of sp³-hybridized carbons (Fsp3) is 0.211. The van der Waals surface area contributed by atoms with Crippen LogP contribution in [0.3, 0.4) is 0 Å². The predicted molar refractivity (Wildman–Crippen MR) is 102 cm³/mol. The van der Waals surface area contributed by atoms with E-state index in [4.69, 9.17) is 17.3 Å². The highest BCUT2D eigenvalue weighted by molar-refractivity contribution is 6.30. The molecule has 0 bridgehead atoms. The molecule has 3 N–H and O–H groups in total. The lowest BCUT2D eigenvalue weighted by molar-refractivity contribution is 0.401. The number of aromatic nitrogens is 1. The van der Waals surface area contributed by atoms with Gasteiger partial charge in [0.1, 0.15) is 5.82 Å². The second-order valence-corrected chi connectivity index (χ2v) is 6.54. The second-order valence-electron chi connectivity index (χ2n) is 6.11. The van der Waals surface area contributed by atoms with Gasteiger partial charge in [-0.15, -0.1) is 0 Å². The Morgan fingerprint density at radius 1 is 1.08 bits per heavy atom. The maximum absolute atomic E-state index is 6.15. The van der Waals surface area contributed by atoms with E-state index in [0.717, 1.165) is 33.8 Å². The van der Waals surface area contributed by atoms with E-state index < -0.39 is 0 Å². The summed E-state index contributed by atoms with van der Waals surface area (Å²) in [4.78, 5) is 6.60. The molecule has 124 valence electrons. The van der Waals surface area contributed by atoms with Gasteiger partial charge in [0.15, 0.2) is 0 Å². The van der Waals surface area contributed by atoms with E-state index in [1.807, 2.05) is 50.5 Å². The predicted octanol–water partition coefficient (Wildman–Crippen LogP) is 4.14. The summed E-state index contributed by atoms with van der Waals surface area (Å²) in [7, 11) is 4.10. The van der Waals surface area contributed by atoms with E-state index in [9.17, 15) is 0 Å². The number of fused-ring (bicyclic) bond motifs is 1. The van der Waals surface area contributed by atoms with Crippen molar-refractivity contribution >= 4 is 33.9 Å². The Morgan fingerprint density at radius 2 is 1.92 bits per heavy atom. The molecule has 0 unspecified atom stereocenters. The van der Waals surface area contributed by atoms with Crippen LogP contribution in [0, 0.1) is 0 Å². The molecular weight excluding hydrogens is 320 g/mol. The molecule has 0 atom stereocenters. The van der Waals surface area contributed by atoms with Crippen molar-refractivity contribution in [1.82, 2.24) is 9.88 Å². The molecule has 0 aliphatic carbocycles. The summed E-state index contributed by atoms with van der Waals surface area (Å²) in [5.41, 5.74) is 9.23. The van der Waals surface area contributed by atoms with Gasteiger partial charge in [0.2, 0.25) is 0 Å². The first-order valence-electron chi connectivity index (χ1n) is 7.83. The van der Waals surface area contributed by atoms with Gasteiger partial charge in [-0.3, -0.25) is 0 Å². The van der Waals surface area contributed by atoms with Crippen molar-refractivity contribution in [1.29, 1.82) is 0 Å². The maximum Gasteiger partial charge on any atom is 0.134 e. The summed E-state index contributed by atoms with van der Waals surface area (Å²) in [6, 6.07) is 13.8. The van der Waals surface area contributed by atoms with Gasteiger partial charge in [-0.25, -0.2) is 4.98 Å². The lowest BCUT2D eigenvalue weighted by Crippen LogP contribution is -2.14. The Bertz CT molecular complexity index is 861. The van der Waals surface area contributed by atoms with Crippen LogP contribution in [0.15, 0.2) is 48.7 Å². The summed E-state index contributed by atoms with van der Waals surface area (Å²) < 4.78 is 0. The molecule has 0 radical (unpaired) electrons. The van der Waals surface area contributed by atoms with Gasteiger partial charge in [0.25, 0.3) is 0 Å². The molecule has 1 heterocycles. The molecule has 3 rings (SSSR count). The standard InChI is InChI=1S/C19H21ClN4/c1-24(2)12-14-10-15(20)7-6-13(14)11-23-19-17-4-3-5-18(21)16(17)8-9-22-19/h3-10H,11-12,21H2,1-2H3,(H,22,23). The summed E-state index contributed by atoms with van der Waals surface area (Å²) in [6.07, 6.45) is 1.78. The smallest absolute Gasteiger partial charge is 0.134 e. The van der Waals surface area contributed by atoms with E-state index in [-0.39, 0.29) is 0 Å². The first kappa shape index (κ1) is 16.6. The molecule has 0 aliphatic heterocycles. The highest BCUT2D eigenvalue weighted by Gasteiger charge is 2.08. The molecule has 0 amide bonds. The minimum absolute atomic E-state index is 0.682. The molecular formula is C19H21ClN4. The van der Waals surface area contributed by atoms with Crippen molar-refractivity contribution in [3.63, 3.8) is 0 Å². The quantitative estimate of drug-likeness (QED) is 0.685. The molecule has 0 aliphatic rings. The van der Waals surface area contributed by atoms with E-state index >= 15 is 0 Å². The van der Waals surface area contributed by atoms with Gasteiger partial charge in [-0.2, -0.15) is 0 Å². The molecule has 24 heavy (non-hydrogen) atoms. The van der Waals surface area contributed by atoms with Gasteiger partial charge in [-0.1, -0.05) is 29.8 Å². The average molecular weight is 341 g/mol. The van der Waals surface area contributed by atoms with Crippen molar-refractivity contribution in [3.8, 4) is 0 Å². The number of rotatable bonds is 5. The molecule has 0 saturated carbocycles. The lowest BCUT2D eigenvalue weighted by Gasteiger charge is -2.16.